The summed E-state index contributed by atoms with van der Waals surface area (Å²) in [5.41, 5.74) is 2.30. The fourth-order valence-electron chi connectivity index (χ4n) is 2.80. The summed E-state index contributed by atoms with van der Waals surface area (Å²) in [6.07, 6.45) is 0.808. The maximum Gasteiger partial charge on any atom is 0.261 e. The number of methoxy groups -OCH3 is 3. The van der Waals surface area contributed by atoms with Crippen molar-refractivity contribution >= 4 is 21.4 Å². The van der Waals surface area contributed by atoms with Gasteiger partial charge < -0.3 is 19.5 Å². The van der Waals surface area contributed by atoms with E-state index in [-0.39, 0.29) is 4.90 Å². The predicted molar refractivity (Wildman–Crippen MR) is 95.5 cm³/mol. The summed E-state index contributed by atoms with van der Waals surface area (Å²) in [5.74, 6) is 1.15. The fraction of sp³-hybridized carbons (Fsp3) is 0.294. The molecule has 2 aromatic rings. The van der Waals surface area contributed by atoms with E-state index in [1.54, 1.807) is 30.3 Å². The van der Waals surface area contributed by atoms with E-state index in [1.165, 1.54) is 21.3 Å². The number of rotatable bonds is 6. The highest BCUT2D eigenvalue weighted by Crippen LogP contribution is 2.40. The third-order valence-electron chi connectivity index (χ3n) is 4.01. The largest absolute Gasteiger partial charge is 0.493 e. The van der Waals surface area contributed by atoms with Crippen LogP contribution in [0, 0.1) is 0 Å². The van der Waals surface area contributed by atoms with Crippen LogP contribution < -0.4 is 24.2 Å². The van der Waals surface area contributed by atoms with Crippen LogP contribution in [0.3, 0.4) is 0 Å². The van der Waals surface area contributed by atoms with Crippen molar-refractivity contribution < 1.29 is 22.6 Å². The Morgan fingerprint density at radius 3 is 2.28 bits per heavy atom. The number of nitrogens with one attached hydrogen (secondary N) is 2. The first-order valence-electron chi connectivity index (χ1n) is 7.68. The molecule has 8 heteroatoms. The molecule has 0 saturated carbocycles. The van der Waals surface area contributed by atoms with Crippen LogP contribution in [0.2, 0.25) is 0 Å². The van der Waals surface area contributed by atoms with Gasteiger partial charge in [-0.1, -0.05) is 0 Å². The van der Waals surface area contributed by atoms with Crippen LogP contribution in [0.5, 0.6) is 17.2 Å². The first-order chi connectivity index (χ1) is 12.0. The van der Waals surface area contributed by atoms with Gasteiger partial charge in [0.2, 0.25) is 5.75 Å². The van der Waals surface area contributed by atoms with Crippen LogP contribution in [-0.2, 0) is 16.4 Å². The minimum absolute atomic E-state index is 0.212. The average Bonchev–Trinajstić information content (AvgIpc) is 3.08. The van der Waals surface area contributed by atoms with Gasteiger partial charge in [0.15, 0.2) is 11.5 Å². The first kappa shape index (κ1) is 17.2. The minimum atomic E-state index is -3.73. The molecule has 0 unspecified atom stereocenters. The van der Waals surface area contributed by atoms with Crippen molar-refractivity contribution in [3.05, 3.63) is 35.9 Å². The van der Waals surface area contributed by atoms with Crippen LogP contribution in [0.15, 0.2) is 35.2 Å². The molecule has 25 heavy (non-hydrogen) atoms. The zero-order valence-electron chi connectivity index (χ0n) is 14.3. The van der Waals surface area contributed by atoms with Crippen molar-refractivity contribution in [3.8, 4) is 17.2 Å². The molecule has 0 aliphatic carbocycles. The van der Waals surface area contributed by atoms with Gasteiger partial charge in [-0.3, -0.25) is 4.72 Å². The summed E-state index contributed by atoms with van der Waals surface area (Å²) in [4.78, 5) is 0.212. The van der Waals surface area contributed by atoms with E-state index in [4.69, 9.17) is 14.2 Å². The van der Waals surface area contributed by atoms with E-state index in [1.807, 2.05) is 0 Å². The van der Waals surface area contributed by atoms with Crippen molar-refractivity contribution in [1.82, 2.24) is 0 Å². The molecule has 7 nitrogen and oxygen atoms in total. The van der Waals surface area contributed by atoms with Crippen LogP contribution in [0.1, 0.15) is 5.56 Å². The highest BCUT2D eigenvalue weighted by molar-refractivity contribution is 7.92. The van der Waals surface area contributed by atoms with Crippen molar-refractivity contribution in [2.45, 2.75) is 11.3 Å². The average molecular weight is 364 g/mol. The molecule has 134 valence electrons. The van der Waals surface area contributed by atoms with Crippen molar-refractivity contribution in [1.29, 1.82) is 0 Å². The van der Waals surface area contributed by atoms with Gasteiger partial charge in [0.25, 0.3) is 10.0 Å². The van der Waals surface area contributed by atoms with Gasteiger partial charge in [0, 0.05) is 24.4 Å². The Balaban J connectivity index is 1.95. The van der Waals surface area contributed by atoms with E-state index >= 15 is 0 Å². The molecule has 0 atom stereocenters. The number of hydrogen-bond donors (Lipinski definition) is 2. The maximum atomic E-state index is 12.7. The smallest absolute Gasteiger partial charge is 0.261 e. The van der Waals surface area contributed by atoms with Crippen molar-refractivity contribution in [2.24, 2.45) is 0 Å². The van der Waals surface area contributed by atoms with Gasteiger partial charge in [-0.25, -0.2) is 8.42 Å². The quantitative estimate of drug-likeness (QED) is 0.819. The van der Waals surface area contributed by atoms with Crippen LogP contribution >= 0.6 is 0 Å². The van der Waals surface area contributed by atoms with Crippen LogP contribution in [-0.4, -0.2) is 36.3 Å². The summed E-state index contributed by atoms with van der Waals surface area (Å²) in [5, 5.41) is 3.21. The Labute approximate surface area is 147 Å². The predicted octanol–water partition coefficient (Wildman–Crippen LogP) is 2.48. The van der Waals surface area contributed by atoms with E-state index in [0.717, 1.165) is 24.2 Å². The zero-order valence-corrected chi connectivity index (χ0v) is 15.1. The number of sulfonamides is 1. The van der Waals surface area contributed by atoms with Crippen LogP contribution in [0.4, 0.5) is 11.4 Å². The molecule has 2 aromatic carbocycles. The number of benzene rings is 2. The summed E-state index contributed by atoms with van der Waals surface area (Å²) in [6, 6.07) is 8.15. The van der Waals surface area contributed by atoms with Gasteiger partial charge in [-0.15, -0.1) is 0 Å². The fourth-order valence-corrected chi connectivity index (χ4v) is 3.89. The lowest BCUT2D eigenvalue weighted by atomic mass is 10.2. The molecule has 0 spiro atoms. The second-order valence-corrected chi connectivity index (χ2v) is 7.20. The Morgan fingerprint density at radius 2 is 1.68 bits per heavy atom. The third-order valence-corrected chi connectivity index (χ3v) is 5.39. The van der Waals surface area contributed by atoms with E-state index in [2.05, 4.69) is 10.0 Å². The Hall–Kier alpha value is -2.61. The first-order valence-corrected chi connectivity index (χ1v) is 9.16. The van der Waals surface area contributed by atoms with Gasteiger partial charge >= 0.3 is 0 Å². The number of fused-ring (bicyclic) bond motifs is 1. The third kappa shape index (κ3) is 3.30. The molecule has 0 saturated heterocycles. The molecule has 0 fully saturated rings. The highest BCUT2D eigenvalue weighted by Gasteiger charge is 2.20. The molecule has 2 N–H and O–H groups in total. The molecule has 0 aromatic heterocycles. The monoisotopic (exact) mass is 364 g/mol. The van der Waals surface area contributed by atoms with E-state index in [9.17, 15) is 8.42 Å². The molecule has 3 rings (SSSR count). The number of hydrogen-bond acceptors (Lipinski definition) is 6. The summed E-state index contributed by atoms with van der Waals surface area (Å²) >= 11 is 0. The standard InChI is InChI=1S/C17H20N2O5S/c1-22-15-9-12(10-16(23-2)17(15)24-3)19-25(20,21)13-4-5-14-11(8-13)6-7-18-14/h4-5,8-10,18-19H,6-7H2,1-3H3. The number of ether oxygens (including phenoxy) is 3. The number of anilines is 2. The minimum Gasteiger partial charge on any atom is -0.493 e. The lowest BCUT2D eigenvalue weighted by Gasteiger charge is -2.15. The Kier molecular flexibility index (Phi) is 4.63. The molecular weight excluding hydrogens is 344 g/mol. The van der Waals surface area contributed by atoms with Gasteiger partial charge in [-0.05, 0) is 30.2 Å². The molecule has 1 aliphatic rings. The van der Waals surface area contributed by atoms with Gasteiger partial charge in [0.05, 0.1) is 31.9 Å². The Bertz CT molecular complexity index is 871. The zero-order chi connectivity index (χ0) is 18.0. The van der Waals surface area contributed by atoms with Gasteiger partial charge in [0.1, 0.15) is 0 Å². The second kappa shape index (κ2) is 6.72. The summed E-state index contributed by atoms with van der Waals surface area (Å²) < 4.78 is 43.7. The molecular formula is C17H20N2O5S. The topological polar surface area (TPSA) is 85.9 Å². The second-order valence-electron chi connectivity index (χ2n) is 5.52. The van der Waals surface area contributed by atoms with E-state index in [0.29, 0.717) is 22.9 Å². The van der Waals surface area contributed by atoms with Crippen LogP contribution in [0.25, 0.3) is 0 Å². The van der Waals surface area contributed by atoms with Crippen molar-refractivity contribution in [3.63, 3.8) is 0 Å². The normalized spacial score (nSPS) is 12.9. The maximum absolute atomic E-state index is 12.7. The highest BCUT2D eigenvalue weighted by atomic mass is 32.2. The summed E-state index contributed by atoms with van der Waals surface area (Å²) in [6.45, 7) is 0.819. The molecule has 0 bridgehead atoms. The lowest BCUT2D eigenvalue weighted by Crippen LogP contribution is -2.13. The SMILES string of the molecule is COc1cc(NS(=O)(=O)c2ccc3c(c2)CCN3)cc(OC)c1OC. The van der Waals surface area contributed by atoms with Crippen molar-refractivity contribution in [2.75, 3.05) is 37.9 Å². The van der Waals surface area contributed by atoms with Gasteiger partial charge in [-0.2, -0.15) is 0 Å². The Morgan fingerprint density at radius 1 is 1.00 bits per heavy atom. The summed E-state index contributed by atoms with van der Waals surface area (Å²) in [7, 11) is 0.705. The van der Waals surface area contributed by atoms with E-state index < -0.39 is 10.0 Å². The lowest BCUT2D eigenvalue weighted by molar-refractivity contribution is 0.325. The molecule has 0 amide bonds. The molecule has 1 aliphatic heterocycles. The molecule has 0 radical (unpaired) electrons. The molecule has 1 heterocycles.